The van der Waals surface area contributed by atoms with Crippen LogP contribution in [0.3, 0.4) is 0 Å². The van der Waals surface area contributed by atoms with Gasteiger partial charge in [-0.3, -0.25) is 10.1 Å². The third-order valence-electron chi connectivity index (χ3n) is 5.20. The van der Waals surface area contributed by atoms with Crippen LogP contribution in [0.15, 0.2) is 60.7 Å². The van der Waals surface area contributed by atoms with E-state index in [4.69, 9.17) is 9.47 Å². The SMILES string of the molecule is CC(NC(C)c1cccc2ccccc12)C(=O)Nc1ccc2c(c1)OCCCO2. The molecule has 2 N–H and O–H groups in total. The van der Waals surface area contributed by atoms with Crippen LogP contribution in [0.1, 0.15) is 31.9 Å². The Labute approximate surface area is 171 Å². The molecule has 0 saturated heterocycles. The Morgan fingerprint density at radius 3 is 2.55 bits per heavy atom. The molecule has 1 amide bonds. The van der Waals surface area contributed by atoms with E-state index in [1.165, 1.54) is 16.3 Å². The van der Waals surface area contributed by atoms with E-state index in [0.717, 1.165) is 12.2 Å². The maximum atomic E-state index is 12.7. The van der Waals surface area contributed by atoms with E-state index < -0.39 is 0 Å². The lowest BCUT2D eigenvalue weighted by Gasteiger charge is -2.21. The predicted molar refractivity (Wildman–Crippen MR) is 116 cm³/mol. The lowest BCUT2D eigenvalue weighted by molar-refractivity contribution is -0.117. The number of rotatable bonds is 5. The van der Waals surface area contributed by atoms with Crippen molar-refractivity contribution in [3.63, 3.8) is 0 Å². The van der Waals surface area contributed by atoms with Crippen LogP contribution in [0.25, 0.3) is 10.8 Å². The molecular weight excluding hydrogens is 364 g/mol. The molecule has 0 aromatic heterocycles. The molecule has 0 aliphatic carbocycles. The first-order chi connectivity index (χ1) is 14.1. The smallest absolute Gasteiger partial charge is 0.241 e. The third kappa shape index (κ3) is 4.35. The minimum Gasteiger partial charge on any atom is -0.490 e. The molecule has 1 aliphatic heterocycles. The van der Waals surface area contributed by atoms with Gasteiger partial charge in [0.15, 0.2) is 11.5 Å². The fourth-order valence-electron chi connectivity index (χ4n) is 3.66. The monoisotopic (exact) mass is 390 g/mol. The molecule has 5 heteroatoms. The molecule has 2 unspecified atom stereocenters. The second kappa shape index (κ2) is 8.53. The van der Waals surface area contributed by atoms with Gasteiger partial charge in [-0.15, -0.1) is 0 Å². The van der Waals surface area contributed by atoms with E-state index in [-0.39, 0.29) is 18.0 Å². The van der Waals surface area contributed by atoms with Gasteiger partial charge in [0, 0.05) is 24.2 Å². The Morgan fingerprint density at radius 1 is 0.931 bits per heavy atom. The summed E-state index contributed by atoms with van der Waals surface area (Å²) >= 11 is 0. The molecule has 0 radical (unpaired) electrons. The number of hydrogen-bond acceptors (Lipinski definition) is 4. The van der Waals surface area contributed by atoms with E-state index in [9.17, 15) is 4.79 Å². The van der Waals surface area contributed by atoms with Gasteiger partial charge in [-0.1, -0.05) is 42.5 Å². The zero-order valence-corrected chi connectivity index (χ0v) is 16.8. The summed E-state index contributed by atoms with van der Waals surface area (Å²) in [5.74, 6) is 1.30. The highest BCUT2D eigenvalue weighted by atomic mass is 16.5. The molecule has 3 aromatic rings. The Hall–Kier alpha value is -3.05. The second-order valence-corrected chi connectivity index (χ2v) is 7.38. The molecule has 2 atom stereocenters. The van der Waals surface area contributed by atoms with Gasteiger partial charge >= 0.3 is 0 Å². The van der Waals surface area contributed by atoms with Crippen molar-refractivity contribution in [3.8, 4) is 11.5 Å². The predicted octanol–water partition coefficient (Wildman–Crippen LogP) is 4.68. The lowest BCUT2D eigenvalue weighted by Crippen LogP contribution is -2.39. The van der Waals surface area contributed by atoms with E-state index in [1.54, 1.807) is 0 Å². The first kappa shape index (κ1) is 19.3. The summed E-state index contributed by atoms with van der Waals surface area (Å²) in [7, 11) is 0. The highest BCUT2D eigenvalue weighted by molar-refractivity contribution is 5.95. The fraction of sp³-hybridized carbons (Fsp3) is 0.292. The molecule has 0 fully saturated rings. The number of benzene rings is 3. The minimum atomic E-state index is -0.361. The molecular formula is C24H26N2O3. The first-order valence-electron chi connectivity index (χ1n) is 10.1. The zero-order chi connectivity index (χ0) is 20.2. The first-order valence-corrected chi connectivity index (χ1v) is 10.1. The fourth-order valence-corrected chi connectivity index (χ4v) is 3.66. The quantitative estimate of drug-likeness (QED) is 0.664. The van der Waals surface area contributed by atoms with Crippen molar-refractivity contribution in [3.05, 3.63) is 66.2 Å². The van der Waals surface area contributed by atoms with Crippen molar-refractivity contribution in [2.24, 2.45) is 0 Å². The number of carbonyl (C=O) groups is 1. The van der Waals surface area contributed by atoms with Gasteiger partial charge in [0.1, 0.15) is 0 Å². The van der Waals surface area contributed by atoms with E-state index >= 15 is 0 Å². The summed E-state index contributed by atoms with van der Waals surface area (Å²) < 4.78 is 11.3. The van der Waals surface area contributed by atoms with Gasteiger partial charge in [-0.25, -0.2) is 0 Å². The van der Waals surface area contributed by atoms with E-state index in [0.29, 0.717) is 24.7 Å². The summed E-state index contributed by atoms with van der Waals surface area (Å²) in [4.78, 5) is 12.7. The van der Waals surface area contributed by atoms with Crippen molar-refractivity contribution in [1.82, 2.24) is 5.32 Å². The molecule has 0 bridgehead atoms. The highest BCUT2D eigenvalue weighted by Crippen LogP contribution is 2.32. The van der Waals surface area contributed by atoms with E-state index in [1.807, 2.05) is 37.3 Å². The number of anilines is 1. The number of nitrogens with one attached hydrogen (secondary N) is 2. The maximum absolute atomic E-state index is 12.7. The van der Waals surface area contributed by atoms with Crippen molar-refractivity contribution >= 4 is 22.4 Å². The number of amides is 1. The van der Waals surface area contributed by atoms with Gasteiger partial charge in [-0.2, -0.15) is 0 Å². The number of fused-ring (bicyclic) bond motifs is 2. The standard InChI is InChI=1S/C24H26N2O3/c1-16(20-10-5-8-18-7-3-4-9-21(18)20)25-17(2)24(27)26-19-11-12-22-23(15-19)29-14-6-13-28-22/h3-5,7-12,15-17,25H,6,13-14H2,1-2H3,(H,26,27). The van der Waals surface area contributed by atoms with Gasteiger partial charge in [0.25, 0.3) is 0 Å². The van der Waals surface area contributed by atoms with Crippen LogP contribution < -0.4 is 20.1 Å². The zero-order valence-electron chi connectivity index (χ0n) is 16.8. The van der Waals surface area contributed by atoms with Crippen LogP contribution in [0.4, 0.5) is 5.69 Å². The van der Waals surface area contributed by atoms with Crippen molar-refractivity contribution in [1.29, 1.82) is 0 Å². The summed E-state index contributed by atoms with van der Waals surface area (Å²) in [6.07, 6.45) is 0.851. The van der Waals surface area contributed by atoms with Crippen LogP contribution in [-0.4, -0.2) is 25.2 Å². The summed E-state index contributed by atoms with van der Waals surface area (Å²) in [5.41, 5.74) is 1.88. The lowest BCUT2D eigenvalue weighted by atomic mass is 9.99. The van der Waals surface area contributed by atoms with Crippen LogP contribution in [0.5, 0.6) is 11.5 Å². The molecule has 1 aliphatic rings. The van der Waals surface area contributed by atoms with Gasteiger partial charge in [-0.05, 0) is 42.3 Å². The Balaban J connectivity index is 1.43. The number of carbonyl (C=O) groups excluding carboxylic acids is 1. The van der Waals surface area contributed by atoms with Crippen molar-refractivity contribution in [2.75, 3.05) is 18.5 Å². The van der Waals surface area contributed by atoms with Crippen LogP contribution in [0.2, 0.25) is 0 Å². The Bertz CT molecular complexity index is 1010. The molecule has 4 rings (SSSR count). The molecule has 3 aromatic carbocycles. The normalized spacial score (nSPS) is 15.4. The maximum Gasteiger partial charge on any atom is 0.241 e. The topological polar surface area (TPSA) is 59.6 Å². The average Bonchev–Trinajstić information content (AvgIpc) is 2.98. The van der Waals surface area contributed by atoms with Crippen molar-refractivity contribution < 1.29 is 14.3 Å². The third-order valence-corrected chi connectivity index (χ3v) is 5.20. The van der Waals surface area contributed by atoms with Gasteiger partial charge in [0.05, 0.1) is 19.3 Å². The Kier molecular flexibility index (Phi) is 5.67. The minimum absolute atomic E-state index is 0.0330. The summed E-state index contributed by atoms with van der Waals surface area (Å²) in [6.45, 7) is 5.22. The number of ether oxygens (including phenoxy) is 2. The molecule has 0 spiro atoms. The second-order valence-electron chi connectivity index (χ2n) is 7.38. The molecule has 150 valence electrons. The van der Waals surface area contributed by atoms with Crippen LogP contribution in [-0.2, 0) is 4.79 Å². The molecule has 29 heavy (non-hydrogen) atoms. The molecule has 1 heterocycles. The van der Waals surface area contributed by atoms with Gasteiger partial charge < -0.3 is 14.8 Å². The summed E-state index contributed by atoms with van der Waals surface area (Å²) in [5, 5.41) is 8.78. The Morgan fingerprint density at radius 2 is 1.69 bits per heavy atom. The van der Waals surface area contributed by atoms with Crippen LogP contribution >= 0.6 is 0 Å². The van der Waals surface area contributed by atoms with Crippen LogP contribution in [0, 0.1) is 0 Å². The largest absolute Gasteiger partial charge is 0.490 e. The summed E-state index contributed by atoms with van der Waals surface area (Å²) in [6, 6.07) is 19.7. The highest BCUT2D eigenvalue weighted by Gasteiger charge is 2.19. The number of hydrogen-bond donors (Lipinski definition) is 2. The molecule has 0 saturated carbocycles. The van der Waals surface area contributed by atoms with Crippen molar-refractivity contribution in [2.45, 2.75) is 32.4 Å². The average molecular weight is 390 g/mol. The molecule has 5 nitrogen and oxygen atoms in total. The van der Waals surface area contributed by atoms with Gasteiger partial charge in [0.2, 0.25) is 5.91 Å². The van der Waals surface area contributed by atoms with E-state index in [2.05, 4.69) is 47.9 Å².